The normalized spacial score (nSPS) is 11.7. The molecule has 0 radical (unpaired) electrons. The van der Waals surface area contributed by atoms with Gasteiger partial charge in [0.25, 0.3) is 10.0 Å². The summed E-state index contributed by atoms with van der Waals surface area (Å²) in [5, 5.41) is 0. The lowest BCUT2D eigenvalue weighted by Crippen LogP contribution is -2.20. The lowest BCUT2D eigenvalue weighted by atomic mass is 9.84. The van der Waals surface area contributed by atoms with Gasteiger partial charge in [-0.2, -0.15) is 0 Å². The van der Waals surface area contributed by atoms with Gasteiger partial charge < -0.3 is 14.3 Å². The zero-order valence-electron chi connectivity index (χ0n) is 23.9. The zero-order chi connectivity index (χ0) is 29.8. The molecule has 0 saturated carbocycles. The maximum Gasteiger partial charge on any atom is 0.263 e. The molecule has 0 aliphatic rings. The molecule has 0 unspecified atom stereocenters. The summed E-state index contributed by atoms with van der Waals surface area (Å²) in [5.41, 5.74) is 2.16. The molecular formula is C30H33N5O5S. The average Bonchev–Trinajstić information content (AvgIpc) is 2.89. The van der Waals surface area contributed by atoms with Crippen LogP contribution in [-0.4, -0.2) is 41.7 Å². The lowest BCUT2D eigenvalue weighted by Gasteiger charge is -2.24. The number of hydrogen-bond donors (Lipinski definition) is 1. The second kappa shape index (κ2) is 12.0. The topological polar surface area (TPSA) is 133 Å². The van der Waals surface area contributed by atoms with Gasteiger partial charge in [0.05, 0.1) is 17.7 Å². The van der Waals surface area contributed by atoms with Gasteiger partial charge in [0.15, 0.2) is 34.7 Å². The highest BCUT2D eigenvalue weighted by Gasteiger charge is 2.29. The number of rotatable bonds is 11. The minimum atomic E-state index is -4.10. The Morgan fingerprint density at radius 2 is 1.49 bits per heavy atom. The first-order valence-electron chi connectivity index (χ1n) is 13.0. The van der Waals surface area contributed by atoms with Crippen LogP contribution in [0, 0.1) is 26.2 Å². The van der Waals surface area contributed by atoms with Crippen molar-refractivity contribution in [3.8, 4) is 28.9 Å². The van der Waals surface area contributed by atoms with Crippen molar-refractivity contribution in [2.24, 2.45) is 5.41 Å². The molecule has 0 atom stereocenters. The molecule has 4 rings (SSSR count). The molecular weight excluding hydrogens is 542 g/mol. The summed E-state index contributed by atoms with van der Waals surface area (Å²) in [7, 11) is -2.59. The van der Waals surface area contributed by atoms with Crippen molar-refractivity contribution in [2.45, 2.75) is 52.4 Å². The summed E-state index contributed by atoms with van der Waals surface area (Å²) in [4.78, 5) is 29.9. The van der Waals surface area contributed by atoms with Crippen LogP contribution < -0.4 is 14.2 Å². The monoisotopic (exact) mass is 575 g/mol. The summed E-state index contributed by atoms with van der Waals surface area (Å²) >= 11 is 0. The van der Waals surface area contributed by atoms with Crippen LogP contribution in [0.4, 0.5) is 5.82 Å². The van der Waals surface area contributed by atoms with Crippen LogP contribution >= 0.6 is 0 Å². The number of nitrogens with one attached hydrogen (secondary N) is 1. The van der Waals surface area contributed by atoms with Gasteiger partial charge in [-0.3, -0.25) is 4.72 Å². The first-order valence-corrected chi connectivity index (χ1v) is 14.5. The minimum absolute atomic E-state index is 0.0528. The van der Waals surface area contributed by atoms with E-state index in [2.05, 4.69) is 19.7 Å². The fraction of sp³-hybridized carbons (Fsp3) is 0.300. The highest BCUT2D eigenvalue weighted by molar-refractivity contribution is 7.92. The van der Waals surface area contributed by atoms with Gasteiger partial charge in [0, 0.05) is 17.8 Å². The first kappa shape index (κ1) is 29.6. The molecule has 10 nitrogen and oxygen atoms in total. The summed E-state index contributed by atoms with van der Waals surface area (Å²) in [6.07, 6.45) is 1.34. The molecule has 2 aromatic heterocycles. The van der Waals surface area contributed by atoms with Crippen molar-refractivity contribution >= 4 is 22.1 Å². The van der Waals surface area contributed by atoms with Crippen LogP contribution in [0.15, 0.2) is 59.5 Å². The number of carbonyl (C=O) groups is 1. The van der Waals surface area contributed by atoms with Crippen LogP contribution in [-0.2, 0) is 21.2 Å². The zero-order valence-corrected chi connectivity index (χ0v) is 24.7. The third kappa shape index (κ3) is 7.23. The molecule has 0 fully saturated rings. The van der Waals surface area contributed by atoms with Crippen molar-refractivity contribution in [1.29, 1.82) is 0 Å². The SMILES string of the molecule is COc1ccccc1Oc1c(CC(C)(C)CC=O)nc(-c2nc(C)cc(C)n2)nc1NS(=O)(=O)c1ccc(C)cc1. The van der Waals surface area contributed by atoms with Gasteiger partial charge in [-0.05, 0) is 62.9 Å². The van der Waals surface area contributed by atoms with E-state index in [9.17, 15) is 13.2 Å². The molecule has 214 valence electrons. The van der Waals surface area contributed by atoms with E-state index in [1.165, 1.54) is 19.2 Å². The molecule has 2 heterocycles. The number of ether oxygens (including phenoxy) is 2. The number of aromatic nitrogens is 4. The van der Waals surface area contributed by atoms with Crippen LogP contribution in [0.3, 0.4) is 0 Å². The number of sulfonamides is 1. The molecule has 0 bridgehead atoms. The maximum atomic E-state index is 13.6. The quantitative estimate of drug-likeness (QED) is 0.226. The van der Waals surface area contributed by atoms with Crippen LogP contribution in [0.5, 0.6) is 17.2 Å². The van der Waals surface area contributed by atoms with Gasteiger partial charge in [-0.1, -0.05) is 43.7 Å². The Balaban J connectivity index is 1.97. The molecule has 0 aliphatic carbocycles. The van der Waals surface area contributed by atoms with Gasteiger partial charge >= 0.3 is 0 Å². The Kier molecular flexibility index (Phi) is 8.67. The predicted octanol–water partition coefficient (Wildman–Crippen LogP) is 5.62. The molecule has 41 heavy (non-hydrogen) atoms. The van der Waals surface area contributed by atoms with Crippen molar-refractivity contribution < 1.29 is 22.7 Å². The molecule has 1 N–H and O–H groups in total. The Hall–Kier alpha value is -4.38. The van der Waals surface area contributed by atoms with Crippen LogP contribution in [0.2, 0.25) is 0 Å². The van der Waals surface area contributed by atoms with Gasteiger partial charge in [0.1, 0.15) is 6.29 Å². The fourth-order valence-electron chi connectivity index (χ4n) is 4.19. The fourth-order valence-corrected chi connectivity index (χ4v) is 5.19. The number of methoxy groups -OCH3 is 1. The number of para-hydroxylation sites is 2. The van der Waals surface area contributed by atoms with Crippen LogP contribution in [0.25, 0.3) is 11.6 Å². The van der Waals surface area contributed by atoms with E-state index in [4.69, 9.17) is 14.5 Å². The molecule has 0 spiro atoms. The Labute approximate surface area is 240 Å². The second-order valence-electron chi connectivity index (χ2n) is 10.5. The number of carbonyl (C=O) groups excluding carboxylic acids is 1. The van der Waals surface area contributed by atoms with E-state index in [1.54, 1.807) is 36.4 Å². The highest BCUT2D eigenvalue weighted by Crippen LogP contribution is 2.40. The van der Waals surface area contributed by atoms with E-state index in [1.807, 2.05) is 40.7 Å². The second-order valence-corrected chi connectivity index (χ2v) is 12.2. The summed E-state index contributed by atoms with van der Waals surface area (Å²) in [6, 6.07) is 15.2. The van der Waals surface area contributed by atoms with Crippen molar-refractivity contribution in [3.63, 3.8) is 0 Å². The number of aryl methyl sites for hydroxylation is 3. The summed E-state index contributed by atoms with van der Waals surface area (Å²) in [6.45, 7) is 9.36. The number of anilines is 1. The number of aldehydes is 1. The molecule has 0 aliphatic heterocycles. The Morgan fingerprint density at radius 1 is 0.878 bits per heavy atom. The van der Waals surface area contributed by atoms with E-state index in [0.717, 1.165) is 11.8 Å². The smallest absolute Gasteiger partial charge is 0.263 e. The van der Waals surface area contributed by atoms with Crippen molar-refractivity contribution in [1.82, 2.24) is 19.9 Å². The molecule has 0 amide bonds. The van der Waals surface area contributed by atoms with E-state index in [-0.39, 0.29) is 41.0 Å². The maximum absolute atomic E-state index is 13.6. The number of benzene rings is 2. The highest BCUT2D eigenvalue weighted by atomic mass is 32.2. The average molecular weight is 576 g/mol. The molecule has 4 aromatic rings. The van der Waals surface area contributed by atoms with Gasteiger partial charge in [-0.15, -0.1) is 0 Å². The summed E-state index contributed by atoms with van der Waals surface area (Å²) in [5.74, 6) is 1.09. The third-order valence-corrected chi connectivity index (χ3v) is 7.60. The number of nitrogens with zero attached hydrogens (tertiary/aromatic N) is 4. The van der Waals surface area contributed by atoms with E-state index in [0.29, 0.717) is 28.6 Å². The van der Waals surface area contributed by atoms with E-state index >= 15 is 0 Å². The number of hydrogen-bond acceptors (Lipinski definition) is 9. The van der Waals surface area contributed by atoms with Gasteiger partial charge in [0.2, 0.25) is 0 Å². The summed E-state index contributed by atoms with van der Waals surface area (Å²) < 4.78 is 41.5. The molecule has 2 aromatic carbocycles. The van der Waals surface area contributed by atoms with E-state index < -0.39 is 15.4 Å². The van der Waals surface area contributed by atoms with Crippen molar-refractivity contribution in [2.75, 3.05) is 11.8 Å². The Morgan fingerprint density at radius 3 is 2.10 bits per heavy atom. The molecule has 0 saturated heterocycles. The minimum Gasteiger partial charge on any atom is -0.493 e. The van der Waals surface area contributed by atoms with Gasteiger partial charge in [-0.25, -0.2) is 28.4 Å². The standard InChI is InChI=1S/C30H33N5O5S/c1-19-11-13-22(14-12-19)41(37,38)35-27-26(40-25-10-8-7-9-24(25)39-6)23(18-30(4,5)15-16-36)33-29(34-27)28-31-20(2)17-21(3)32-28/h7-14,16-17H,15,18H2,1-6H3,(H,33,34,35). The Bertz CT molecular complexity index is 1650. The van der Waals surface area contributed by atoms with Crippen molar-refractivity contribution in [3.05, 3.63) is 77.2 Å². The lowest BCUT2D eigenvalue weighted by molar-refractivity contribution is -0.109. The third-order valence-electron chi connectivity index (χ3n) is 6.24. The molecule has 11 heteroatoms. The largest absolute Gasteiger partial charge is 0.493 e. The first-order chi connectivity index (χ1) is 19.4. The van der Waals surface area contributed by atoms with Crippen LogP contribution in [0.1, 0.15) is 42.9 Å². The predicted molar refractivity (Wildman–Crippen MR) is 156 cm³/mol.